The van der Waals surface area contributed by atoms with E-state index in [1.807, 2.05) is 13.0 Å². The molecule has 40 heavy (non-hydrogen) atoms. The van der Waals surface area contributed by atoms with Crippen LogP contribution >= 0.6 is 0 Å². The van der Waals surface area contributed by atoms with Crippen LogP contribution in [0.4, 0.5) is 0 Å². The largest absolute Gasteiger partial charge is 0.462 e. The lowest BCUT2D eigenvalue weighted by atomic mass is 9.59. The number of carbonyl (C=O) groups is 2. The number of ether oxygens (including phenoxy) is 1. The van der Waals surface area contributed by atoms with Gasteiger partial charge in [0.05, 0.1) is 12.2 Å². The molecule has 3 unspecified atom stereocenters. The fraction of sp³-hybridized carbons (Fsp3) is 0.824. The van der Waals surface area contributed by atoms with Gasteiger partial charge in [-0.3, -0.25) is 9.59 Å². The van der Waals surface area contributed by atoms with Crippen molar-refractivity contribution in [2.24, 2.45) is 35.0 Å². The fourth-order valence-electron chi connectivity index (χ4n) is 8.66. The molecule has 226 valence electrons. The molecule has 0 bridgehead atoms. The van der Waals surface area contributed by atoms with Crippen molar-refractivity contribution in [2.45, 2.75) is 135 Å². The van der Waals surface area contributed by atoms with Crippen molar-refractivity contribution in [3.8, 4) is 0 Å². The van der Waals surface area contributed by atoms with Crippen LogP contribution in [0.2, 0.25) is 0 Å². The maximum absolute atomic E-state index is 13.1. The summed E-state index contributed by atoms with van der Waals surface area (Å²) in [5.41, 5.74) is -2.42. The average molecular weight is 559 g/mol. The van der Waals surface area contributed by atoms with Crippen molar-refractivity contribution in [1.82, 2.24) is 0 Å². The number of rotatable bonds is 14. The third-order valence-electron chi connectivity index (χ3n) is 11.0. The molecular weight excluding hydrogens is 504 g/mol. The lowest BCUT2D eigenvalue weighted by molar-refractivity contribution is -0.198. The SMILES string of the molecule is CCCCCCCCCCCCCC(=O)O[C@H]1C2[C@H]([C@@H]3C=C(CO)C[C@]4(O)C(=O)C(C)=CC4C3(O)[C@@H]1C)C2(C)C. The van der Waals surface area contributed by atoms with E-state index in [0.29, 0.717) is 17.6 Å². The van der Waals surface area contributed by atoms with Gasteiger partial charge < -0.3 is 20.1 Å². The van der Waals surface area contributed by atoms with Crippen LogP contribution in [0, 0.1) is 35.0 Å². The summed E-state index contributed by atoms with van der Waals surface area (Å²) in [6.07, 6.45) is 16.9. The highest BCUT2D eigenvalue weighted by Crippen LogP contribution is 2.73. The predicted molar refractivity (Wildman–Crippen MR) is 156 cm³/mol. The molecule has 2 fully saturated rings. The van der Waals surface area contributed by atoms with Gasteiger partial charge in [0.1, 0.15) is 11.7 Å². The second kappa shape index (κ2) is 12.4. The highest BCUT2D eigenvalue weighted by Gasteiger charge is 2.77. The molecule has 0 radical (unpaired) electrons. The highest BCUT2D eigenvalue weighted by molar-refractivity contribution is 6.04. The first-order valence-corrected chi connectivity index (χ1v) is 16.1. The van der Waals surface area contributed by atoms with E-state index in [1.54, 1.807) is 13.0 Å². The van der Waals surface area contributed by atoms with Gasteiger partial charge in [-0.2, -0.15) is 0 Å². The molecule has 4 aliphatic carbocycles. The molecular formula is C34H54O6. The topological polar surface area (TPSA) is 104 Å². The Hall–Kier alpha value is -1.50. The van der Waals surface area contributed by atoms with Gasteiger partial charge in [-0.25, -0.2) is 0 Å². The zero-order valence-electron chi connectivity index (χ0n) is 25.6. The van der Waals surface area contributed by atoms with E-state index in [-0.39, 0.29) is 47.9 Å². The Morgan fingerprint density at radius 2 is 1.52 bits per heavy atom. The van der Waals surface area contributed by atoms with Crippen molar-refractivity contribution in [3.63, 3.8) is 0 Å². The smallest absolute Gasteiger partial charge is 0.306 e. The minimum absolute atomic E-state index is 0.00744. The predicted octanol–water partition coefficient (Wildman–Crippen LogP) is 6.07. The van der Waals surface area contributed by atoms with Gasteiger partial charge in [0, 0.05) is 36.5 Å². The molecule has 0 spiro atoms. The zero-order chi connectivity index (χ0) is 29.3. The molecule has 0 aromatic rings. The van der Waals surface area contributed by atoms with Gasteiger partial charge in [-0.15, -0.1) is 0 Å². The van der Waals surface area contributed by atoms with E-state index in [0.717, 1.165) is 19.3 Å². The number of carbonyl (C=O) groups excluding carboxylic acids is 2. The van der Waals surface area contributed by atoms with Gasteiger partial charge in [0.25, 0.3) is 0 Å². The lowest BCUT2D eigenvalue weighted by Gasteiger charge is -2.51. The van der Waals surface area contributed by atoms with E-state index >= 15 is 0 Å². The standard InChI is InChI=1S/C34H54O6/c1-6-7-8-9-10-11-12-13-14-15-16-17-27(36)40-30-23(3)34(39)25(28-29(30)32(28,4)5)19-24(21-35)20-33(38)26(34)18-22(2)31(33)37/h18-19,23,25-26,28-30,35,38-39H,6-17,20-21H2,1-5H3/t23-,25+,26?,28+,29?,30-,33-,34?/m1/s1. The van der Waals surface area contributed by atoms with Crippen molar-refractivity contribution < 1.29 is 29.6 Å². The number of hydrogen-bond acceptors (Lipinski definition) is 6. The molecule has 6 nitrogen and oxygen atoms in total. The third kappa shape index (κ3) is 5.62. The minimum Gasteiger partial charge on any atom is -0.462 e. The lowest BCUT2D eigenvalue weighted by Crippen LogP contribution is -2.62. The maximum Gasteiger partial charge on any atom is 0.306 e. The molecule has 3 N–H and O–H groups in total. The van der Waals surface area contributed by atoms with Crippen LogP contribution in [0.25, 0.3) is 0 Å². The van der Waals surface area contributed by atoms with Crippen LogP contribution in [-0.2, 0) is 14.3 Å². The van der Waals surface area contributed by atoms with Gasteiger partial charge in [-0.1, -0.05) is 104 Å². The number of fused-ring (bicyclic) bond motifs is 5. The monoisotopic (exact) mass is 558 g/mol. The summed E-state index contributed by atoms with van der Waals surface area (Å²) in [5.74, 6) is -2.15. The number of hydrogen-bond donors (Lipinski definition) is 3. The summed E-state index contributed by atoms with van der Waals surface area (Å²) in [7, 11) is 0. The van der Waals surface area contributed by atoms with Crippen LogP contribution < -0.4 is 0 Å². The molecule has 8 atom stereocenters. The first-order chi connectivity index (χ1) is 18.9. The quantitative estimate of drug-likeness (QED) is 0.136. The summed E-state index contributed by atoms with van der Waals surface area (Å²) in [6.45, 7) is 9.86. The molecule has 0 heterocycles. The fourth-order valence-corrected chi connectivity index (χ4v) is 8.66. The zero-order valence-corrected chi connectivity index (χ0v) is 25.6. The van der Waals surface area contributed by atoms with Gasteiger partial charge in [0.15, 0.2) is 5.78 Å². The van der Waals surface area contributed by atoms with Crippen molar-refractivity contribution in [2.75, 3.05) is 6.61 Å². The summed E-state index contributed by atoms with van der Waals surface area (Å²) in [5, 5.41) is 34.3. The van der Waals surface area contributed by atoms with Crippen molar-refractivity contribution in [3.05, 3.63) is 23.3 Å². The number of unbranched alkanes of at least 4 members (excludes halogenated alkanes) is 10. The van der Waals surface area contributed by atoms with Crippen LogP contribution in [0.1, 0.15) is 118 Å². The Kier molecular flexibility index (Phi) is 9.74. The summed E-state index contributed by atoms with van der Waals surface area (Å²) in [6, 6.07) is 0. The Bertz CT molecular complexity index is 996. The van der Waals surface area contributed by atoms with Crippen molar-refractivity contribution in [1.29, 1.82) is 0 Å². The summed E-state index contributed by atoms with van der Waals surface area (Å²) < 4.78 is 6.17. The molecule has 4 aliphatic rings. The van der Waals surface area contributed by atoms with Crippen LogP contribution in [-0.4, -0.2) is 51.0 Å². The van der Waals surface area contributed by atoms with E-state index in [1.165, 1.54) is 51.4 Å². The molecule has 0 aromatic carbocycles. The van der Waals surface area contributed by atoms with Crippen LogP contribution in [0.3, 0.4) is 0 Å². The third-order valence-corrected chi connectivity index (χ3v) is 11.0. The second-order valence-electron chi connectivity index (χ2n) is 14.1. The Balaban J connectivity index is 1.38. The maximum atomic E-state index is 13.1. The number of aliphatic hydroxyl groups is 3. The number of Topliss-reactive ketones (excluding diaryl/α,β-unsaturated/α-hetero) is 1. The minimum atomic E-state index is -1.80. The normalized spacial score (nSPS) is 37.5. The van der Waals surface area contributed by atoms with Gasteiger partial charge in [0.2, 0.25) is 0 Å². The van der Waals surface area contributed by atoms with E-state index < -0.39 is 29.1 Å². The first kappa shape index (κ1) is 31.4. The molecule has 0 aliphatic heterocycles. The molecule has 6 heteroatoms. The molecule has 0 aromatic heterocycles. The molecule has 4 rings (SSSR count). The van der Waals surface area contributed by atoms with Gasteiger partial charge >= 0.3 is 5.97 Å². The van der Waals surface area contributed by atoms with Crippen molar-refractivity contribution >= 4 is 11.8 Å². The number of aliphatic hydroxyl groups excluding tert-OH is 1. The Labute approximate surface area is 241 Å². The highest BCUT2D eigenvalue weighted by atomic mass is 16.5. The Morgan fingerprint density at radius 1 is 0.950 bits per heavy atom. The summed E-state index contributed by atoms with van der Waals surface area (Å²) >= 11 is 0. The second-order valence-corrected chi connectivity index (χ2v) is 14.1. The average Bonchev–Trinajstić information content (AvgIpc) is 3.43. The number of ketones is 1. The van der Waals surface area contributed by atoms with E-state index in [9.17, 15) is 24.9 Å². The van der Waals surface area contributed by atoms with Gasteiger partial charge in [-0.05, 0) is 35.8 Å². The van der Waals surface area contributed by atoms with Crippen LogP contribution in [0.15, 0.2) is 23.3 Å². The molecule has 0 saturated heterocycles. The molecule has 2 saturated carbocycles. The van der Waals surface area contributed by atoms with E-state index in [4.69, 9.17) is 4.74 Å². The van der Waals surface area contributed by atoms with E-state index in [2.05, 4.69) is 20.8 Å². The van der Waals surface area contributed by atoms with Crippen LogP contribution in [0.5, 0.6) is 0 Å². The summed E-state index contributed by atoms with van der Waals surface area (Å²) in [4.78, 5) is 26.2. The molecule has 0 amide bonds. The first-order valence-electron chi connectivity index (χ1n) is 16.1. The Morgan fingerprint density at radius 3 is 2.10 bits per heavy atom. The number of esters is 1.